The molecule has 0 atom stereocenters. The molecular formula is CH5NOSi3. The van der Waals surface area contributed by atoms with E-state index in [1.165, 1.54) is 0 Å². The maximum absolute atomic E-state index is 4.84. The molecule has 0 aromatic rings. The average Bonchev–Trinajstić information content (AvgIpc) is 1.72. The van der Waals surface area contributed by atoms with Crippen molar-refractivity contribution >= 4 is 31.9 Å². The summed E-state index contributed by atoms with van der Waals surface area (Å²) in [4.78, 5) is 0. The lowest BCUT2D eigenvalue weighted by Gasteiger charge is -1.92. The van der Waals surface area contributed by atoms with Crippen LogP contribution in [-0.4, -0.2) is 31.9 Å². The summed E-state index contributed by atoms with van der Waals surface area (Å²) in [5, 5.41) is 3.67. The highest BCUT2D eigenvalue weighted by Crippen LogP contribution is 1.66. The second-order valence-corrected chi connectivity index (χ2v) is 10.5. The molecule has 0 amide bonds. The van der Waals surface area contributed by atoms with E-state index in [0.29, 0.717) is 8.61 Å². The molecule has 0 fully saturated rings. The van der Waals surface area contributed by atoms with Crippen molar-refractivity contribution < 1.29 is 4.53 Å². The molecule has 1 rings (SSSR count). The molecule has 0 aromatic heterocycles. The van der Waals surface area contributed by atoms with Crippen molar-refractivity contribution in [1.29, 1.82) is 0 Å². The van der Waals surface area contributed by atoms with Gasteiger partial charge in [0, 0.05) is 22.6 Å². The zero-order chi connectivity index (χ0) is 4.24. The van der Waals surface area contributed by atoms with Gasteiger partial charge in [-0.15, -0.1) is 5.16 Å². The minimum atomic E-state index is -0.0691. The van der Waals surface area contributed by atoms with Crippen LogP contribution in [0.15, 0.2) is 5.16 Å². The number of oxime groups is 1. The predicted octanol–water partition coefficient (Wildman–Crippen LogP) is -2.25. The Labute approximate surface area is 42.3 Å². The van der Waals surface area contributed by atoms with Crippen molar-refractivity contribution in [3.8, 4) is 0 Å². The fourth-order valence-corrected chi connectivity index (χ4v) is 5.40. The highest BCUT2D eigenvalue weighted by molar-refractivity contribution is 7.15. The molecule has 2 nitrogen and oxygen atoms in total. The molecule has 0 N–H and O–H groups in total. The number of nitrogens with zero attached hydrogens (tertiary/aromatic N) is 1. The third-order valence-electron chi connectivity index (χ3n) is 0.528. The molecule has 5 heteroatoms. The van der Waals surface area contributed by atoms with Crippen LogP contribution in [0.4, 0.5) is 0 Å². The number of rotatable bonds is 0. The molecule has 1 heterocycles. The molecule has 0 aliphatic carbocycles. The van der Waals surface area contributed by atoms with Gasteiger partial charge in [0.1, 0.15) is 0 Å². The van der Waals surface area contributed by atoms with E-state index in [4.69, 9.17) is 4.53 Å². The second kappa shape index (κ2) is 2.32. The minimum absolute atomic E-state index is 0.0691. The first-order chi connectivity index (χ1) is 3.00. The Hall–Kier alpha value is 0.121. The summed E-state index contributed by atoms with van der Waals surface area (Å²) < 4.78 is 4.84. The van der Waals surface area contributed by atoms with Gasteiger partial charge in [-0.2, -0.15) is 0 Å². The van der Waals surface area contributed by atoms with E-state index >= 15 is 0 Å². The smallest absolute Gasteiger partial charge is 0.252 e. The van der Waals surface area contributed by atoms with E-state index in [9.17, 15) is 0 Å². The maximum Gasteiger partial charge on any atom is 0.252 e. The van der Waals surface area contributed by atoms with Crippen molar-refractivity contribution in [3.63, 3.8) is 0 Å². The van der Waals surface area contributed by atoms with Gasteiger partial charge in [-0.1, -0.05) is 0 Å². The minimum Gasteiger partial charge on any atom is -0.464 e. The molecule has 1 aliphatic rings. The van der Waals surface area contributed by atoms with Gasteiger partial charge in [-0.3, -0.25) is 0 Å². The Kier molecular flexibility index (Phi) is 1.66. The Morgan fingerprint density at radius 3 is 3.00 bits per heavy atom. The molecule has 0 saturated carbocycles. The lowest BCUT2D eigenvalue weighted by molar-refractivity contribution is 0.376. The van der Waals surface area contributed by atoms with Crippen LogP contribution in [0.5, 0.6) is 0 Å². The molecule has 32 valence electrons. The zero-order valence-corrected chi connectivity index (χ0v) is 7.02. The third-order valence-corrected chi connectivity index (χ3v) is 8.12. The summed E-state index contributed by atoms with van der Waals surface area (Å²) in [7, 11) is 1.32. The van der Waals surface area contributed by atoms with Gasteiger partial charge < -0.3 is 4.53 Å². The largest absolute Gasteiger partial charge is 0.464 e. The third kappa shape index (κ3) is 1.07. The van der Waals surface area contributed by atoms with E-state index in [0.717, 1.165) is 8.13 Å². The van der Waals surface area contributed by atoms with Crippen LogP contribution in [0.25, 0.3) is 0 Å². The fourth-order valence-electron chi connectivity index (χ4n) is 0.281. The molecule has 0 aromatic carbocycles. The van der Waals surface area contributed by atoms with Crippen molar-refractivity contribution in [2.75, 3.05) is 0 Å². The zero-order valence-electron chi connectivity index (χ0n) is 3.29. The van der Waals surface area contributed by atoms with E-state index in [1.54, 1.807) is 0 Å². The molecule has 0 saturated heterocycles. The summed E-state index contributed by atoms with van der Waals surface area (Å²) in [6, 6.07) is 0. The summed E-state index contributed by atoms with van der Waals surface area (Å²) in [5.41, 5.74) is 0. The summed E-state index contributed by atoms with van der Waals surface area (Å²) >= 11 is 0. The van der Waals surface area contributed by atoms with E-state index in [-0.39, 0.29) is 9.28 Å². The van der Waals surface area contributed by atoms with Crippen LogP contribution < -0.4 is 0 Å². The topological polar surface area (TPSA) is 21.6 Å². The Morgan fingerprint density at radius 1 is 1.83 bits per heavy atom. The molecular weight excluding hydrogens is 126 g/mol. The maximum atomic E-state index is 4.84. The molecule has 1 aliphatic heterocycles. The summed E-state index contributed by atoms with van der Waals surface area (Å²) in [5.74, 6) is 1.95. The van der Waals surface area contributed by atoms with Crippen LogP contribution in [0.3, 0.4) is 0 Å². The van der Waals surface area contributed by atoms with Crippen molar-refractivity contribution in [3.05, 3.63) is 0 Å². The van der Waals surface area contributed by atoms with Crippen molar-refractivity contribution in [2.24, 2.45) is 5.16 Å². The Balaban J connectivity index is 2.46. The monoisotopic (exact) mass is 131 g/mol. The second-order valence-electron chi connectivity index (χ2n) is 0.978. The van der Waals surface area contributed by atoms with Gasteiger partial charge in [0.05, 0.1) is 0 Å². The van der Waals surface area contributed by atoms with Gasteiger partial charge in [0.15, 0.2) is 0 Å². The Morgan fingerprint density at radius 2 is 2.83 bits per heavy atom. The van der Waals surface area contributed by atoms with Crippen molar-refractivity contribution in [2.45, 2.75) is 0 Å². The molecule has 0 bridgehead atoms. The quantitative estimate of drug-likeness (QED) is 0.340. The van der Waals surface area contributed by atoms with Crippen molar-refractivity contribution in [1.82, 2.24) is 0 Å². The Bertz CT molecular complexity index is 76.8. The summed E-state index contributed by atoms with van der Waals surface area (Å²) in [6.07, 6.45) is 0. The fraction of sp³-hybridized carbons (Fsp3) is 0. The lowest BCUT2D eigenvalue weighted by Crippen LogP contribution is -2.07. The first kappa shape index (κ1) is 4.28. The first-order valence-electron chi connectivity index (χ1n) is 1.80. The normalized spacial score (nSPS) is 21.3. The summed E-state index contributed by atoms with van der Waals surface area (Å²) in [6.45, 7) is 0. The SMILES string of the molecule is C1=NO[SiH2][SiH]=[SiH]1. The molecule has 0 spiro atoms. The van der Waals surface area contributed by atoms with Crippen LogP contribution in [-0.2, 0) is 4.53 Å². The van der Waals surface area contributed by atoms with E-state index in [1.807, 2.05) is 5.84 Å². The van der Waals surface area contributed by atoms with Gasteiger partial charge in [0.2, 0.25) is 0 Å². The van der Waals surface area contributed by atoms with Gasteiger partial charge >= 0.3 is 0 Å². The molecule has 6 heavy (non-hydrogen) atoms. The standard InChI is InChI=1S/CH5NOSi3/c1-2-3-5-6-4-1/h1,4,6H,5H2. The molecule has 0 unspecified atom stereocenters. The van der Waals surface area contributed by atoms with Crippen LogP contribution in [0.1, 0.15) is 0 Å². The van der Waals surface area contributed by atoms with E-state index < -0.39 is 0 Å². The lowest BCUT2D eigenvalue weighted by atomic mass is 11.7. The predicted molar refractivity (Wildman–Crippen MR) is 32.4 cm³/mol. The van der Waals surface area contributed by atoms with Gasteiger partial charge in [-0.25, -0.2) is 0 Å². The van der Waals surface area contributed by atoms with Gasteiger partial charge in [-0.05, 0) is 0 Å². The first-order valence-corrected chi connectivity index (χ1v) is 8.98. The number of hydrogen-bond donors (Lipinski definition) is 0. The van der Waals surface area contributed by atoms with Gasteiger partial charge in [0.25, 0.3) is 9.28 Å². The van der Waals surface area contributed by atoms with Crippen LogP contribution >= 0.6 is 0 Å². The van der Waals surface area contributed by atoms with Crippen LogP contribution in [0.2, 0.25) is 0 Å². The van der Waals surface area contributed by atoms with E-state index in [2.05, 4.69) is 5.16 Å². The average molecular weight is 131 g/mol. The highest BCUT2D eigenvalue weighted by Gasteiger charge is 1.80. The number of hydrogen-bond acceptors (Lipinski definition) is 2. The highest BCUT2D eigenvalue weighted by atomic mass is 29.3. The van der Waals surface area contributed by atoms with Crippen LogP contribution in [0, 0.1) is 0 Å². The molecule has 0 radical (unpaired) electrons.